The molecule has 100 valence electrons. The second-order valence-electron chi connectivity index (χ2n) is 4.49. The molecule has 2 heterocycles. The molecule has 7 heteroatoms. The number of pyridine rings is 1. The third kappa shape index (κ3) is 3.64. The molecular formula is C11H16FN3O2S. The van der Waals surface area contributed by atoms with E-state index in [2.05, 4.69) is 9.71 Å². The summed E-state index contributed by atoms with van der Waals surface area (Å²) >= 11 is 0. The summed E-state index contributed by atoms with van der Waals surface area (Å²) in [7, 11) is -3.15. The summed E-state index contributed by atoms with van der Waals surface area (Å²) in [5.41, 5.74) is 0. The summed E-state index contributed by atoms with van der Waals surface area (Å²) in [6.45, 7) is 1.43. The van der Waals surface area contributed by atoms with Crippen LogP contribution >= 0.6 is 0 Å². The molecular weight excluding hydrogens is 257 g/mol. The van der Waals surface area contributed by atoms with Gasteiger partial charge < -0.3 is 4.90 Å². The molecule has 0 atom stereocenters. The monoisotopic (exact) mass is 273 g/mol. The number of anilines is 1. The smallest absolute Gasteiger partial charge is 0.208 e. The topological polar surface area (TPSA) is 62.3 Å². The van der Waals surface area contributed by atoms with E-state index in [0.717, 1.165) is 18.7 Å². The van der Waals surface area contributed by atoms with Crippen molar-refractivity contribution in [2.75, 3.05) is 24.2 Å². The van der Waals surface area contributed by atoms with Crippen molar-refractivity contribution in [1.82, 2.24) is 9.71 Å². The van der Waals surface area contributed by atoms with Crippen molar-refractivity contribution in [3.05, 3.63) is 24.1 Å². The third-order valence-corrected chi connectivity index (χ3v) is 3.67. The number of aromatic nitrogens is 1. The molecule has 18 heavy (non-hydrogen) atoms. The molecule has 1 aromatic rings. The van der Waals surface area contributed by atoms with Gasteiger partial charge in [0, 0.05) is 19.1 Å². The first-order chi connectivity index (χ1) is 8.44. The summed E-state index contributed by atoms with van der Waals surface area (Å²) < 4.78 is 37.6. The highest BCUT2D eigenvalue weighted by Crippen LogP contribution is 2.18. The van der Waals surface area contributed by atoms with Crippen LogP contribution in [-0.2, 0) is 10.0 Å². The van der Waals surface area contributed by atoms with Crippen molar-refractivity contribution in [2.45, 2.75) is 18.9 Å². The molecule has 0 amide bonds. The Kier molecular flexibility index (Phi) is 3.82. The normalized spacial score (nSPS) is 18.0. The molecule has 5 nitrogen and oxygen atoms in total. The first-order valence-electron chi connectivity index (χ1n) is 5.78. The van der Waals surface area contributed by atoms with E-state index in [0.29, 0.717) is 13.1 Å². The number of nitrogens with one attached hydrogen (secondary N) is 1. The van der Waals surface area contributed by atoms with Gasteiger partial charge in [-0.25, -0.2) is 22.5 Å². The zero-order chi connectivity index (χ0) is 13.2. The van der Waals surface area contributed by atoms with Gasteiger partial charge in [0.15, 0.2) is 0 Å². The Morgan fingerprint density at radius 3 is 2.56 bits per heavy atom. The predicted octanol–water partition coefficient (Wildman–Crippen LogP) is 0.739. The highest BCUT2D eigenvalue weighted by Gasteiger charge is 2.22. The molecule has 1 fully saturated rings. The fourth-order valence-corrected chi connectivity index (χ4v) is 2.93. The van der Waals surface area contributed by atoms with Gasteiger partial charge in [-0.3, -0.25) is 0 Å². The minimum atomic E-state index is -3.15. The average Bonchev–Trinajstić information content (AvgIpc) is 2.29. The minimum absolute atomic E-state index is 0.0169. The van der Waals surface area contributed by atoms with Crippen molar-refractivity contribution in [2.24, 2.45) is 0 Å². The van der Waals surface area contributed by atoms with Crippen LogP contribution in [0.25, 0.3) is 0 Å². The third-order valence-electron chi connectivity index (χ3n) is 2.91. The standard InChI is InChI=1S/C11H16FN3O2S/c1-18(16,17)14-10-4-6-15(7-5-10)11-3-2-9(12)8-13-11/h2-3,8,10,14H,4-7H2,1H3. The molecule has 2 rings (SSSR count). The van der Waals surface area contributed by atoms with Gasteiger partial charge in [-0.2, -0.15) is 0 Å². The van der Waals surface area contributed by atoms with Crippen LogP contribution in [0, 0.1) is 5.82 Å². The summed E-state index contributed by atoms with van der Waals surface area (Å²) in [4.78, 5) is 6.04. The SMILES string of the molecule is CS(=O)(=O)NC1CCN(c2ccc(F)cn2)CC1. The molecule has 0 aromatic carbocycles. The zero-order valence-corrected chi connectivity index (χ0v) is 11.0. The molecule has 1 aliphatic heterocycles. The molecule has 0 radical (unpaired) electrons. The molecule has 1 aliphatic rings. The second-order valence-corrected chi connectivity index (χ2v) is 6.27. The van der Waals surface area contributed by atoms with Crippen LogP contribution in [0.5, 0.6) is 0 Å². The first-order valence-corrected chi connectivity index (χ1v) is 7.67. The Hall–Kier alpha value is -1.21. The van der Waals surface area contributed by atoms with Gasteiger partial charge in [-0.1, -0.05) is 0 Å². The van der Waals surface area contributed by atoms with Gasteiger partial charge in [0.2, 0.25) is 10.0 Å². The predicted molar refractivity (Wildman–Crippen MR) is 67.4 cm³/mol. The number of halogens is 1. The van der Waals surface area contributed by atoms with Gasteiger partial charge in [0.25, 0.3) is 0 Å². The van der Waals surface area contributed by atoms with Gasteiger partial charge >= 0.3 is 0 Å². The number of rotatable bonds is 3. The van der Waals surface area contributed by atoms with E-state index in [1.165, 1.54) is 18.5 Å². The number of hydrogen-bond acceptors (Lipinski definition) is 4. The van der Waals surface area contributed by atoms with Crippen molar-refractivity contribution >= 4 is 15.8 Å². The van der Waals surface area contributed by atoms with Crippen LogP contribution in [0.3, 0.4) is 0 Å². The molecule has 0 spiro atoms. The van der Waals surface area contributed by atoms with E-state index in [-0.39, 0.29) is 11.9 Å². The Bertz CT molecular complexity index is 496. The lowest BCUT2D eigenvalue weighted by molar-refractivity contribution is 0.459. The van der Waals surface area contributed by atoms with Crippen molar-refractivity contribution < 1.29 is 12.8 Å². The minimum Gasteiger partial charge on any atom is -0.357 e. The van der Waals surface area contributed by atoms with E-state index in [4.69, 9.17) is 0 Å². The second kappa shape index (κ2) is 5.19. The van der Waals surface area contributed by atoms with Crippen LogP contribution in [0.15, 0.2) is 18.3 Å². The maximum atomic E-state index is 12.7. The summed E-state index contributed by atoms with van der Waals surface area (Å²) in [5, 5.41) is 0. The van der Waals surface area contributed by atoms with Gasteiger partial charge in [0.05, 0.1) is 12.5 Å². The molecule has 0 saturated carbocycles. The van der Waals surface area contributed by atoms with Crippen LogP contribution in [0.4, 0.5) is 10.2 Å². The highest BCUT2D eigenvalue weighted by molar-refractivity contribution is 7.88. The number of sulfonamides is 1. The summed E-state index contributed by atoms with van der Waals surface area (Å²) in [6.07, 6.45) is 3.81. The number of nitrogens with zero attached hydrogens (tertiary/aromatic N) is 2. The highest BCUT2D eigenvalue weighted by atomic mass is 32.2. The van der Waals surface area contributed by atoms with E-state index in [1.807, 2.05) is 4.90 Å². The Balaban J connectivity index is 1.92. The molecule has 1 N–H and O–H groups in total. The fraction of sp³-hybridized carbons (Fsp3) is 0.545. The van der Waals surface area contributed by atoms with Crippen LogP contribution < -0.4 is 9.62 Å². The first kappa shape index (κ1) is 13.2. The van der Waals surface area contributed by atoms with Crippen LogP contribution in [0.1, 0.15) is 12.8 Å². The summed E-state index contributed by atoms with van der Waals surface area (Å²) in [5.74, 6) is 0.376. The largest absolute Gasteiger partial charge is 0.357 e. The molecule has 1 aromatic heterocycles. The molecule has 0 aliphatic carbocycles. The van der Waals surface area contributed by atoms with E-state index in [9.17, 15) is 12.8 Å². The van der Waals surface area contributed by atoms with E-state index >= 15 is 0 Å². The number of piperidine rings is 1. The van der Waals surface area contributed by atoms with E-state index in [1.54, 1.807) is 6.07 Å². The average molecular weight is 273 g/mol. The Morgan fingerprint density at radius 1 is 1.39 bits per heavy atom. The molecule has 1 saturated heterocycles. The fourth-order valence-electron chi connectivity index (χ4n) is 2.08. The lowest BCUT2D eigenvalue weighted by Crippen LogP contribution is -2.44. The number of hydrogen-bond donors (Lipinski definition) is 1. The van der Waals surface area contributed by atoms with Crippen molar-refractivity contribution in [3.63, 3.8) is 0 Å². The Labute approximate surface area is 106 Å². The maximum Gasteiger partial charge on any atom is 0.208 e. The van der Waals surface area contributed by atoms with Crippen LogP contribution in [0.2, 0.25) is 0 Å². The van der Waals surface area contributed by atoms with Crippen molar-refractivity contribution in [1.29, 1.82) is 0 Å². The van der Waals surface area contributed by atoms with Gasteiger partial charge in [-0.15, -0.1) is 0 Å². The van der Waals surface area contributed by atoms with Gasteiger partial charge in [-0.05, 0) is 25.0 Å². The summed E-state index contributed by atoms with van der Waals surface area (Å²) in [6, 6.07) is 3.00. The molecule has 0 unspecified atom stereocenters. The Morgan fingerprint density at radius 2 is 2.06 bits per heavy atom. The lowest BCUT2D eigenvalue weighted by Gasteiger charge is -2.32. The lowest BCUT2D eigenvalue weighted by atomic mass is 10.1. The quantitative estimate of drug-likeness (QED) is 0.882. The van der Waals surface area contributed by atoms with Crippen LogP contribution in [-0.4, -0.2) is 38.8 Å². The zero-order valence-electron chi connectivity index (χ0n) is 10.1. The van der Waals surface area contributed by atoms with E-state index < -0.39 is 10.0 Å². The van der Waals surface area contributed by atoms with Gasteiger partial charge in [0.1, 0.15) is 11.6 Å². The molecule has 0 bridgehead atoms. The maximum absolute atomic E-state index is 12.7. The van der Waals surface area contributed by atoms with Crippen molar-refractivity contribution in [3.8, 4) is 0 Å².